The summed E-state index contributed by atoms with van der Waals surface area (Å²) < 4.78 is 0. The van der Waals surface area contributed by atoms with Crippen molar-refractivity contribution in [2.45, 2.75) is 12.8 Å². The maximum absolute atomic E-state index is 12.5. The lowest BCUT2D eigenvalue weighted by atomic mass is 10.0. The Morgan fingerprint density at radius 3 is 1.93 bits per heavy atom. The second-order valence-electron chi connectivity index (χ2n) is 7.08. The Morgan fingerprint density at radius 1 is 0.667 bits per heavy atom. The van der Waals surface area contributed by atoms with Crippen molar-refractivity contribution in [3.8, 4) is 21.1 Å². The number of Topliss-reactive ketones (excluding diaryl/α,β-unsaturated/α-hetero) is 1. The molecule has 0 aliphatic rings. The van der Waals surface area contributed by atoms with Gasteiger partial charge in [-0.15, -0.1) is 22.7 Å². The molecule has 5 rings (SSSR count). The highest BCUT2D eigenvalue weighted by atomic mass is 32.1. The molecule has 0 atom stereocenters. The van der Waals surface area contributed by atoms with Crippen LogP contribution in [0.2, 0.25) is 0 Å². The molecule has 146 valence electrons. The number of aromatic nitrogens is 2. The molecule has 0 saturated heterocycles. The van der Waals surface area contributed by atoms with Gasteiger partial charge in [0.05, 0.1) is 20.8 Å². The van der Waals surface area contributed by atoms with E-state index in [-0.39, 0.29) is 5.78 Å². The normalized spacial score (nSPS) is 11.1. The second kappa shape index (κ2) is 8.30. The lowest BCUT2D eigenvalue weighted by Crippen LogP contribution is -2.06. The van der Waals surface area contributed by atoms with Gasteiger partial charge in [-0.2, -0.15) is 0 Å². The number of hydrogen-bond donors (Lipinski definition) is 0. The van der Waals surface area contributed by atoms with Crippen molar-refractivity contribution >= 4 is 39.5 Å². The van der Waals surface area contributed by atoms with E-state index in [2.05, 4.69) is 22.9 Å². The Labute approximate surface area is 182 Å². The van der Waals surface area contributed by atoms with Gasteiger partial charge in [-0.3, -0.25) is 4.79 Å². The summed E-state index contributed by atoms with van der Waals surface area (Å²) in [6.45, 7) is 0. The maximum atomic E-state index is 12.5. The summed E-state index contributed by atoms with van der Waals surface area (Å²) in [6.07, 6.45) is 0.843. The molecular weight excluding hydrogens is 408 g/mol. The Morgan fingerprint density at radius 2 is 1.30 bits per heavy atom. The van der Waals surface area contributed by atoms with Crippen LogP contribution in [0.3, 0.4) is 0 Å². The van der Waals surface area contributed by atoms with Crippen molar-refractivity contribution in [3.63, 3.8) is 0 Å². The van der Waals surface area contributed by atoms with E-state index in [1.54, 1.807) is 22.7 Å². The van der Waals surface area contributed by atoms with Crippen LogP contribution < -0.4 is 0 Å². The van der Waals surface area contributed by atoms with Crippen molar-refractivity contribution in [3.05, 3.63) is 94.7 Å². The second-order valence-corrected chi connectivity index (χ2v) is 8.97. The SMILES string of the molecule is O=C(Cc1ccccc1)Cc1ccc2nc(-c3cccs3)c(-c3cccs3)nc2c1. The van der Waals surface area contributed by atoms with Crippen LogP contribution in [0.1, 0.15) is 11.1 Å². The summed E-state index contributed by atoms with van der Waals surface area (Å²) in [6, 6.07) is 24.1. The van der Waals surface area contributed by atoms with Crippen LogP contribution in [0.25, 0.3) is 32.2 Å². The summed E-state index contributed by atoms with van der Waals surface area (Å²) in [5.74, 6) is 0.196. The number of rotatable bonds is 6. The minimum absolute atomic E-state index is 0.196. The predicted octanol–water partition coefficient (Wildman–Crippen LogP) is 6.44. The largest absolute Gasteiger partial charge is 0.299 e. The molecule has 0 fully saturated rings. The number of benzene rings is 2. The van der Waals surface area contributed by atoms with Gasteiger partial charge in [-0.1, -0.05) is 48.5 Å². The monoisotopic (exact) mass is 426 g/mol. The fourth-order valence-electron chi connectivity index (χ4n) is 3.49. The average Bonchev–Trinajstić information content (AvgIpc) is 3.48. The molecule has 5 aromatic rings. The fourth-order valence-corrected chi connectivity index (χ4v) is 4.92. The zero-order valence-corrected chi connectivity index (χ0v) is 17.7. The zero-order valence-electron chi connectivity index (χ0n) is 16.1. The molecule has 3 aromatic heterocycles. The Kier molecular flexibility index (Phi) is 5.22. The lowest BCUT2D eigenvalue weighted by molar-refractivity contribution is -0.117. The number of carbonyl (C=O) groups is 1. The molecule has 0 aliphatic carbocycles. The molecule has 0 bridgehead atoms. The van der Waals surface area contributed by atoms with Crippen LogP contribution in [0, 0.1) is 0 Å². The van der Waals surface area contributed by atoms with E-state index in [1.165, 1.54) is 0 Å². The van der Waals surface area contributed by atoms with Crippen LogP contribution in [-0.2, 0) is 17.6 Å². The Bertz CT molecular complexity index is 1290. The first kappa shape index (κ1) is 18.9. The van der Waals surface area contributed by atoms with Gasteiger partial charge < -0.3 is 0 Å². The first-order valence-corrected chi connectivity index (χ1v) is 11.5. The minimum atomic E-state index is 0.196. The summed E-state index contributed by atoms with van der Waals surface area (Å²) in [5.41, 5.74) is 5.49. The van der Waals surface area contributed by atoms with E-state index in [9.17, 15) is 4.79 Å². The van der Waals surface area contributed by atoms with Crippen molar-refractivity contribution in [1.29, 1.82) is 0 Å². The molecule has 0 radical (unpaired) electrons. The molecular formula is C25H18N2OS2. The summed E-state index contributed by atoms with van der Waals surface area (Å²) >= 11 is 3.33. The van der Waals surface area contributed by atoms with Gasteiger partial charge >= 0.3 is 0 Å². The van der Waals surface area contributed by atoms with Crippen LogP contribution in [0.15, 0.2) is 83.6 Å². The van der Waals surface area contributed by atoms with Gasteiger partial charge in [0.2, 0.25) is 0 Å². The third kappa shape index (κ3) is 3.95. The number of hydrogen-bond acceptors (Lipinski definition) is 5. The van der Waals surface area contributed by atoms with Crippen molar-refractivity contribution in [2.75, 3.05) is 0 Å². The molecule has 0 aliphatic heterocycles. The van der Waals surface area contributed by atoms with Crippen molar-refractivity contribution < 1.29 is 4.79 Å². The van der Waals surface area contributed by atoms with Crippen LogP contribution in [0.5, 0.6) is 0 Å². The van der Waals surface area contributed by atoms with Gasteiger partial charge in [-0.25, -0.2) is 9.97 Å². The van der Waals surface area contributed by atoms with Crippen molar-refractivity contribution in [1.82, 2.24) is 9.97 Å². The van der Waals surface area contributed by atoms with Gasteiger partial charge in [-0.05, 0) is 46.2 Å². The first-order chi connectivity index (χ1) is 14.8. The van der Waals surface area contributed by atoms with Gasteiger partial charge in [0, 0.05) is 12.8 Å². The molecule has 30 heavy (non-hydrogen) atoms. The molecule has 0 amide bonds. The van der Waals surface area contributed by atoms with E-state index in [0.717, 1.165) is 43.3 Å². The molecule has 0 unspecified atom stereocenters. The molecule has 0 N–H and O–H groups in total. The highest BCUT2D eigenvalue weighted by Gasteiger charge is 2.15. The third-order valence-electron chi connectivity index (χ3n) is 4.88. The summed E-state index contributed by atoms with van der Waals surface area (Å²) in [7, 11) is 0. The summed E-state index contributed by atoms with van der Waals surface area (Å²) in [4.78, 5) is 24.7. The van der Waals surface area contributed by atoms with Crippen LogP contribution in [0.4, 0.5) is 0 Å². The van der Waals surface area contributed by atoms with E-state index in [4.69, 9.17) is 9.97 Å². The number of fused-ring (bicyclic) bond motifs is 1. The van der Waals surface area contributed by atoms with Gasteiger partial charge in [0.1, 0.15) is 17.2 Å². The van der Waals surface area contributed by atoms with Crippen LogP contribution in [-0.4, -0.2) is 15.8 Å². The standard InChI is InChI=1S/C25H18N2OS2/c28-19(14-17-6-2-1-3-7-17)15-18-10-11-20-21(16-18)27-25(23-9-5-13-30-23)24(26-20)22-8-4-12-29-22/h1-13,16H,14-15H2. The van der Waals surface area contributed by atoms with Gasteiger partial charge in [0.25, 0.3) is 0 Å². The quantitative estimate of drug-likeness (QED) is 0.314. The molecule has 0 saturated carbocycles. The van der Waals surface area contributed by atoms with E-state index < -0.39 is 0 Å². The smallest absolute Gasteiger partial charge is 0.141 e. The molecule has 5 heteroatoms. The highest BCUT2D eigenvalue weighted by molar-refractivity contribution is 7.14. The van der Waals surface area contributed by atoms with E-state index >= 15 is 0 Å². The molecule has 0 spiro atoms. The predicted molar refractivity (Wildman–Crippen MR) is 125 cm³/mol. The number of thiophene rings is 2. The molecule has 3 heterocycles. The Balaban J connectivity index is 1.50. The van der Waals surface area contributed by atoms with Gasteiger partial charge in [0.15, 0.2) is 0 Å². The molecule has 2 aromatic carbocycles. The number of carbonyl (C=O) groups excluding carboxylic acids is 1. The van der Waals surface area contributed by atoms with E-state index in [0.29, 0.717) is 12.8 Å². The minimum Gasteiger partial charge on any atom is -0.299 e. The first-order valence-electron chi connectivity index (χ1n) is 9.70. The molecule has 3 nitrogen and oxygen atoms in total. The maximum Gasteiger partial charge on any atom is 0.141 e. The van der Waals surface area contributed by atoms with Crippen molar-refractivity contribution in [2.24, 2.45) is 0 Å². The lowest BCUT2D eigenvalue weighted by Gasteiger charge is -2.09. The summed E-state index contributed by atoms with van der Waals surface area (Å²) in [5, 5.41) is 4.11. The number of nitrogens with zero attached hydrogens (tertiary/aromatic N) is 2. The van der Waals surface area contributed by atoms with Crippen LogP contribution >= 0.6 is 22.7 Å². The zero-order chi connectivity index (χ0) is 20.3. The fraction of sp³-hybridized carbons (Fsp3) is 0.0800. The Hall–Kier alpha value is -3.15. The number of ketones is 1. The van der Waals surface area contributed by atoms with E-state index in [1.807, 2.05) is 60.7 Å². The third-order valence-corrected chi connectivity index (χ3v) is 6.64. The topological polar surface area (TPSA) is 42.9 Å². The highest BCUT2D eigenvalue weighted by Crippen LogP contribution is 2.35. The average molecular weight is 427 g/mol.